The number of carbonyl (C=O) groups excluding carboxylic acids is 1. The van der Waals surface area contributed by atoms with Crippen molar-refractivity contribution < 1.29 is 14.3 Å². The highest BCUT2D eigenvalue weighted by Crippen LogP contribution is 1.75. The lowest BCUT2D eigenvalue weighted by Crippen LogP contribution is -2.05. The SMILES string of the molecule is COCCOC(C)=O.ClCCCl. The van der Waals surface area contributed by atoms with E-state index in [4.69, 9.17) is 23.2 Å². The minimum absolute atomic E-state index is 0.262. The molecule has 0 saturated heterocycles. The molecule has 0 amide bonds. The lowest BCUT2D eigenvalue weighted by molar-refractivity contribution is -0.142. The molecule has 0 rings (SSSR count). The number of carbonyl (C=O) groups is 1. The minimum atomic E-state index is -0.262. The Hall–Kier alpha value is 0.01000. The smallest absolute Gasteiger partial charge is 0.302 e. The summed E-state index contributed by atoms with van der Waals surface area (Å²) in [5.41, 5.74) is 0. The van der Waals surface area contributed by atoms with Crippen LogP contribution in [0.15, 0.2) is 0 Å². The summed E-state index contributed by atoms with van der Waals surface area (Å²) >= 11 is 10.1. The number of alkyl halides is 2. The standard InChI is InChI=1S/C5H10O3.C2H4Cl2/c1-5(6)8-4-3-7-2;3-1-2-4/h3-4H2,1-2H3;1-2H2. The molecule has 0 atom stereocenters. The Morgan fingerprint density at radius 2 is 1.75 bits per heavy atom. The maximum absolute atomic E-state index is 10.0. The summed E-state index contributed by atoms with van der Waals surface area (Å²) in [4.78, 5) is 10.0. The maximum Gasteiger partial charge on any atom is 0.302 e. The fourth-order valence-corrected chi connectivity index (χ4v) is 0.269. The molecular weight excluding hydrogens is 203 g/mol. The van der Waals surface area contributed by atoms with E-state index in [1.807, 2.05) is 0 Å². The zero-order valence-electron chi connectivity index (χ0n) is 7.31. The van der Waals surface area contributed by atoms with E-state index in [0.717, 1.165) is 0 Å². The van der Waals surface area contributed by atoms with Gasteiger partial charge in [-0.25, -0.2) is 0 Å². The van der Waals surface area contributed by atoms with Gasteiger partial charge in [0.05, 0.1) is 6.61 Å². The number of halogens is 2. The molecule has 0 fully saturated rings. The molecule has 0 aliphatic carbocycles. The first-order valence-electron chi connectivity index (χ1n) is 3.43. The van der Waals surface area contributed by atoms with Gasteiger partial charge in [-0.3, -0.25) is 4.79 Å². The molecule has 3 nitrogen and oxygen atoms in total. The summed E-state index contributed by atoms with van der Waals surface area (Å²) in [5, 5.41) is 0. The summed E-state index contributed by atoms with van der Waals surface area (Å²) in [7, 11) is 1.56. The number of methoxy groups -OCH3 is 1. The second kappa shape index (κ2) is 13.6. The average Bonchev–Trinajstić information content (AvgIpc) is 2.05. The summed E-state index contributed by atoms with van der Waals surface area (Å²) < 4.78 is 9.13. The van der Waals surface area contributed by atoms with Gasteiger partial charge < -0.3 is 9.47 Å². The van der Waals surface area contributed by atoms with Gasteiger partial charge in [0, 0.05) is 25.8 Å². The molecule has 5 heteroatoms. The molecule has 0 radical (unpaired) electrons. The Bertz CT molecular complexity index is 96.7. The van der Waals surface area contributed by atoms with Crippen molar-refractivity contribution in [3.8, 4) is 0 Å². The van der Waals surface area contributed by atoms with Gasteiger partial charge >= 0.3 is 5.97 Å². The highest BCUT2D eigenvalue weighted by atomic mass is 35.5. The molecular formula is C7H14Cl2O3. The number of hydrogen-bond acceptors (Lipinski definition) is 3. The van der Waals surface area contributed by atoms with Gasteiger partial charge in [0.15, 0.2) is 0 Å². The van der Waals surface area contributed by atoms with Crippen LogP contribution in [0.1, 0.15) is 6.92 Å². The fraction of sp³-hybridized carbons (Fsp3) is 0.857. The largest absolute Gasteiger partial charge is 0.463 e. The first-order valence-corrected chi connectivity index (χ1v) is 4.50. The maximum atomic E-state index is 10.0. The van der Waals surface area contributed by atoms with Crippen molar-refractivity contribution >= 4 is 29.2 Å². The lowest BCUT2D eigenvalue weighted by atomic mass is 10.7. The summed E-state index contributed by atoms with van der Waals surface area (Å²) in [5.74, 6) is 0.852. The van der Waals surface area contributed by atoms with Crippen LogP contribution >= 0.6 is 23.2 Å². The highest BCUT2D eigenvalue weighted by Gasteiger charge is 1.88. The van der Waals surface area contributed by atoms with Crippen LogP contribution in [-0.4, -0.2) is 38.1 Å². The molecule has 0 aromatic rings. The van der Waals surface area contributed by atoms with Crippen LogP contribution in [0.5, 0.6) is 0 Å². The van der Waals surface area contributed by atoms with Crippen molar-refractivity contribution in [2.24, 2.45) is 0 Å². The molecule has 0 aliphatic heterocycles. The quantitative estimate of drug-likeness (QED) is 0.408. The van der Waals surface area contributed by atoms with Crippen molar-refractivity contribution in [1.82, 2.24) is 0 Å². The molecule has 74 valence electrons. The lowest BCUT2D eigenvalue weighted by Gasteiger charge is -1.97. The van der Waals surface area contributed by atoms with Crippen LogP contribution < -0.4 is 0 Å². The summed E-state index contributed by atoms with van der Waals surface area (Å²) in [6.45, 7) is 2.20. The first-order chi connectivity index (χ1) is 5.68. The van der Waals surface area contributed by atoms with Crippen molar-refractivity contribution in [1.29, 1.82) is 0 Å². The predicted octanol–water partition coefficient (Wildman–Crippen LogP) is 1.66. The molecule has 0 aliphatic rings. The van der Waals surface area contributed by atoms with E-state index in [1.165, 1.54) is 6.92 Å². The number of hydrogen-bond donors (Lipinski definition) is 0. The summed E-state index contributed by atoms with van der Waals surface area (Å²) in [6.07, 6.45) is 0. The van der Waals surface area contributed by atoms with E-state index in [-0.39, 0.29) is 5.97 Å². The van der Waals surface area contributed by atoms with Crippen molar-refractivity contribution in [3.05, 3.63) is 0 Å². The van der Waals surface area contributed by atoms with Gasteiger partial charge in [0.25, 0.3) is 0 Å². The van der Waals surface area contributed by atoms with Gasteiger partial charge in [0.2, 0.25) is 0 Å². The molecule has 0 spiro atoms. The van der Waals surface area contributed by atoms with E-state index in [0.29, 0.717) is 25.0 Å². The van der Waals surface area contributed by atoms with E-state index in [9.17, 15) is 4.79 Å². The summed E-state index contributed by atoms with van der Waals surface area (Å²) in [6, 6.07) is 0. The average molecular weight is 217 g/mol. The second-order valence-electron chi connectivity index (χ2n) is 1.71. The monoisotopic (exact) mass is 216 g/mol. The molecule has 0 heterocycles. The predicted molar refractivity (Wildman–Crippen MR) is 49.9 cm³/mol. The third kappa shape index (κ3) is 22.5. The number of esters is 1. The Balaban J connectivity index is 0. The minimum Gasteiger partial charge on any atom is -0.463 e. The zero-order chi connectivity index (χ0) is 9.82. The molecule has 0 aromatic carbocycles. The van der Waals surface area contributed by atoms with Gasteiger partial charge in [-0.1, -0.05) is 0 Å². The Morgan fingerprint density at radius 3 is 2.00 bits per heavy atom. The van der Waals surface area contributed by atoms with Crippen LogP contribution in [0.2, 0.25) is 0 Å². The van der Waals surface area contributed by atoms with E-state index in [2.05, 4.69) is 9.47 Å². The van der Waals surface area contributed by atoms with Crippen molar-refractivity contribution in [2.75, 3.05) is 32.1 Å². The highest BCUT2D eigenvalue weighted by molar-refractivity contribution is 6.25. The Kier molecular flexibility index (Phi) is 16.5. The normalized spacial score (nSPS) is 8.33. The van der Waals surface area contributed by atoms with Crippen LogP contribution in [0.3, 0.4) is 0 Å². The van der Waals surface area contributed by atoms with E-state index >= 15 is 0 Å². The van der Waals surface area contributed by atoms with Crippen molar-refractivity contribution in [3.63, 3.8) is 0 Å². The van der Waals surface area contributed by atoms with E-state index < -0.39 is 0 Å². The molecule has 0 bridgehead atoms. The van der Waals surface area contributed by atoms with Crippen LogP contribution in [0.25, 0.3) is 0 Å². The fourth-order valence-electron chi connectivity index (χ4n) is 0.269. The first kappa shape index (κ1) is 14.5. The van der Waals surface area contributed by atoms with Gasteiger partial charge in [-0.2, -0.15) is 0 Å². The Morgan fingerprint density at radius 1 is 1.25 bits per heavy atom. The molecule has 0 aromatic heterocycles. The topological polar surface area (TPSA) is 35.5 Å². The van der Waals surface area contributed by atoms with Gasteiger partial charge in [-0.05, 0) is 0 Å². The molecule has 0 N–H and O–H groups in total. The number of ether oxygens (including phenoxy) is 2. The third-order valence-electron chi connectivity index (χ3n) is 0.664. The van der Waals surface area contributed by atoms with Crippen LogP contribution in [0, 0.1) is 0 Å². The van der Waals surface area contributed by atoms with Gasteiger partial charge in [-0.15, -0.1) is 23.2 Å². The zero-order valence-corrected chi connectivity index (χ0v) is 8.82. The Labute approximate surface area is 82.9 Å². The molecule has 0 saturated carbocycles. The third-order valence-corrected chi connectivity index (χ3v) is 1.24. The van der Waals surface area contributed by atoms with Crippen molar-refractivity contribution in [2.45, 2.75) is 6.92 Å². The molecule has 12 heavy (non-hydrogen) atoms. The second-order valence-corrected chi connectivity index (χ2v) is 2.47. The molecule has 0 unspecified atom stereocenters. The number of rotatable bonds is 4. The van der Waals surface area contributed by atoms with Crippen LogP contribution in [0.4, 0.5) is 0 Å². The van der Waals surface area contributed by atoms with Gasteiger partial charge in [0.1, 0.15) is 6.61 Å². The van der Waals surface area contributed by atoms with E-state index in [1.54, 1.807) is 7.11 Å². The van der Waals surface area contributed by atoms with Crippen LogP contribution in [-0.2, 0) is 14.3 Å².